The van der Waals surface area contributed by atoms with Crippen molar-refractivity contribution in [3.8, 4) is 28.2 Å². The molecule has 0 spiro atoms. The van der Waals surface area contributed by atoms with Gasteiger partial charge < -0.3 is 14.8 Å². The maximum absolute atomic E-state index is 14.0. The fraction of sp³-hybridized carbons (Fsp3) is 0.179. The number of halogens is 4. The number of rotatable bonds is 7. The fourth-order valence-electron chi connectivity index (χ4n) is 3.96. The molecule has 4 rings (SSSR count). The molecule has 0 unspecified atom stereocenters. The van der Waals surface area contributed by atoms with Crippen molar-refractivity contribution < 1.29 is 18.0 Å². The molecule has 0 radical (unpaired) electrons. The Morgan fingerprint density at radius 3 is 1.97 bits per heavy atom. The van der Waals surface area contributed by atoms with Crippen molar-refractivity contribution in [3.63, 3.8) is 0 Å². The molecule has 0 aliphatic heterocycles. The van der Waals surface area contributed by atoms with Crippen LogP contribution in [0, 0.1) is 0 Å². The number of carbonyl (C=O) groups is 1. The van der Waals surface area contributed by atoms with E-state index in [1.165, 1.54) is 12.1 Å². The molecule has 0 saturated heterocycles. The lowest BCUT2D eigenvalue weighted by molar-refractivity contribution is -0.137. The van der Waals surface area contributed by atoms with Crippen LogP contribution in [0.2, 0.25) is 0 Å². The SMILES string of the molecule is CN(C)CCNC(=O)c1ccc(-c2ccc(-c3ccc(Br)cc3)n2-c2ccccc2C(F)(F)F)cc1. The Balaban J connectivity index is 1.79. The molecule has 0 bridgehead atoms. The molecule has 1 aromatic heterocycles. The van der Waals surface area contributed by atoms with Gasteiger partial charge in [0, 0.05) is 23.1 Å². The van der Waals surface area contributed by atoms with Gasteiger partial charge in [-0.1, -0.05) is 52.3 Å². The largest absolute Gasteiger partial charge is 0.418 e. The molecule has 0 fully saturated rings. The Morgan fingerprint density at radius 1 is 0.861 bits per heavy atom. The van der Waals surface area contributed by atoms with Crippen LogP contribution in [0.5, 0.6) is 0 Å². The van der Waals surface area contributed by atoms with Crippen molar-refractivity contribution in [2.75, 3.05) is 27.2 Å². The number of hydrogen-bond donors (Lipinski definition) is 1. The van der Waals surface area contributed by atoms with Crippen LogP contribution in [0.25, 0.3) is 28.2 Å². The van der Waals surface area contributed by atoms with E-state index < -0.39 is 11.7 Å². The summed E-state index contributed by atoms with van der Waals surface area (Å²) < 4.78 is 44.5. The third kappa shape index (κ3) is 5.71. The molecule has 0 atom stereocenters. The first-order valence-electron chi connectivity index (χ1n) is 11.3. The Bertz CT molecular complexity index is 1340. The second-order valence-corrected chi connectivity index (χ2v) is 9.51. The zero-order chi connectivity index (χ0) is 25.9. The quantitative estimate of drug-likeness (QED) is 0.270. The summed E-state index contributed by atoms with van der Waals surface area (Å²) in [6.45, 7) is 1.23. The summed E-state index contributed by atoms with van der Waals surface area (Å²) in [4.78, 5) is 14.4. The summed E-state index contributed by atoms with van der Waals surface area (Å²) in [6.07, 6.45) is -4.52. The maximum atomic E-state index is 14.0. The first kappa shape index (κ1) is 25.7. The standard InChI is InChI=1S/C28H25BrF3N3O/c1-34(2)18-17-33-27(36)21-9-7-19(8-10-21)24-15-16-25(20-11-13-22(29)14-12-20)35(24)26-6-4-3-5-23(26)28(30,31)32/h3-16H,17-18H2,1-2H3,(H,33,36). The number of likely N-dealkylation sites (N-methyl/N-ethyl adjacent to an activating group) is 1. The highest BCUT2D eigenvalue weighted by atomic mass is 79.9. The second-order valence-electron chi connectivity index (χ2n) is 8.60. The van der Waals surface area contributed by atoms with Gasteiger partial charge in [0.1, 0.15) is 0 Å². The fourth-order valence-corrected chi connectivity index (χ4v) is 4.23. The number of nitrogens with one attached hydrogen (secondary N) is 1. The van der Waals surface area contributed by atoms with Crippen molar-refractivity contribution in [3.05, 3.63) is 101 Å². The Morgan fingerprint density at radius 2 is 1.42 bits per heavy atom. The van der Waals surface area contributed by atoms with Gasteiger partial charge in [0.15, 0.2) is 0 Å². The number of carbonyl (C=O) groups excluding carboxylic acids is 1. The van der Waals surface area contributed by atoms with E-state index in [9.17, 15) is 18.0 Å². The van der Waals surface area contributed by atoms with Crippen molar-refractivity contribution in [2.45, 2.75) is 6.18 Å². The summed E-state index contributed by atoms with van der Waals surface area (Å²) in [6, 6.07) is 23.5. The van der Waals surface area contributed by atoms with Gasteiger partial charge in [-0.25, -0.2) is 0 Å². The average Bonchev–Trinajstić information content (AvgIpc) is 3.29. The van der Waals surface area contributed by atoms with E-state index >= 15 is 0 Å². The molecule has 4 nitrogen and oxygen atoms in total. The number of aromatic nitrogens is 1. The predicted molar refractivity (Wildman–Crippen MR) is 140 cm³/mol. The summed E-state index contributed by atoms with van der Waals surface area (Å²) in [5.74, 6) is -0.197. The van der Waals surface area contributed by atoms with Crippen LogP contribution >= 0.6 is 15.9 Å². The summed E-state index contributed by atoms with van der Waals surface area (Å²) >= 11 is 3.41. The smallest absolute Gasteiger partial charge is 0.351 e. The Labute approximate surface area is 216 Å². The first-order chi connectivity index (χ1) is 17.1. The van der Waals surface area contributed by atoms with Crippen LogP contribution in [0.4, 0.5) is 13.2 Å². The summed E-state index contributed by atoms with van der Waals surface area (Å²) in [5, 5.41) is 2.87. The van der Waals surface area contributed by atoms with Crippen molar-refractivity contribution in [1.29, 1.82) is 0 Å². The minimum absolute atomic E-state index is 0.0356. The maximum Gasteiger partial charge on any atom is 0.418 e. The molecular weight excluding hydrogens is 531 g/mol. The molecule has 4 aromatic rings. The molecule has 8 heteroatoms. The minimum Gasteiger partial charge on any atom is -0.351 e. The molecule has 36 heavy (non-hydrogen) atoms. The van der Waals surface area contributed by atoms with E-state index in [4.69, 9.17) is 0 Å². The lowest BCUT2D eigenvalue weighted by Crippen LogP contribution is -2.31. The van der Waals surface area contributed by atoms with E-state index in [0.29, 0.717) is 29.1 Å². The van der Waals surface area contributed by atoms with Crippen LogP contribution in [-0.4, -0.2) is 42.6 Å². The van der Waals surface area contributed by atoms with E-state index in [2.05, 4.69) is 21.2 Å². The molecule has 1 amide bonds. The van der Waals surface area contributed by atoms with Crippen molar-refractivity contribution in [2.24, 2.45) is 0 Å². The second kappa shape index (κ2) is 10.7. The van der Waals surface area contributed by atoms with Gasteiger partial charge in [-0.3, -0.25) is 4.79 Å². The molecule has 0 aliphatic carbocycles. The molecule has 3 aromatic carbocycles. The van der Waals surface area contributed by atoms with Crippen LogP contribution in [0.3, 0.4) is 0 Å². The van der Waals surface area contributed by atoms with Gasteiger partial charge in [0.2, 0.25) is 0 Å². The first-order valence-corrected chi connectivity index (χ1v) is 12.1. The van der Waals surface area contributed by atoms with Gasteiger partial charge in [-0.05, 0) is 73.8 Å². The van der Waals surface area contributed by atoms with Crippen molar-refractivity contribution >= 4 is 21.8 Å². The molecule has 0 saturated carbocycles. The highest BCUT2D eigenvalue weighted by Gasteiger charge is 2.34. The summed E-state index contributed by atoms with van der Waals surface area (Å²) in [5.41, 5.74) is 2.48. The Kier molecular flexibility index (Phi) is 7.66. The van der Waals surface area contributed by atoms with Gasteiger partial charge in [-0.2, -0.15) is 13.2 Å². The zero-order valence-corrected chi connectivity index (χ0v) is 21.4. The van der Waals surface area contributed by atoms with Crippen molar-refractivity contribution in [1.82, 2.24) is 14.8 Å². The molecule has 0 aliphatic rings. The lowest BCUT2D eigenvalue weighted by Gasteiger charge is -2.19. The van der Waals surface area contributed by atoms with Crippen LogP contribution in [0.1, 0.15) is 15.9 Å². The highest BCUT2D eigenvalue weighted by Crippen LogP contribution is 2.39. The average molecular weight is 556 g/mol. The monoisotopic (exact) mass is 555 g/mol. The normalized spacial score (nSPS) is 11.6. The number of amides is 1. The highest BCUT2D eigenvalue weighted by molar-refractivity contribution is 9.10. The number of alkyl halides is 3. The Hall–Kier alpha value is -3.36. The number of nitrogens with zero attached hydrogens (tertiary/aromatic N) is 2. The molecule has 1 heterocycles. The number of benzene rings is 3. The van der Waals surface area contributed by atoms with E-state index in [-0.39, 0.29) is 11.6 Å². The third-order valence-corrected chi connectivity index (χ3v) is 6.29. The lowest BCUT2D eigenvalue weighted by atomic mass is 10.1. The van der Waals surface area contributed by atoms with E-state index in [1.807, 2.05) is 49.3 Å². The van der Waals surface area contributed by atoms with Gasteiger partial charge in [0.05, 0.1) is 22.6 Å². The number of para-hydroxylation sites is 1. The van der Waals surface area contributed by atoms with Gasteiger partial charge >= 0.3 is 6.18 Å². The zero-order valence-electron chi connectivity index (χ0n) is 19.8. The predicted octanol–water partition coefficient (Wildman–Crippen LogP) is 6.88. The van der Waals surface area contributed by atoms with Crippen LogP contribution in [-0.2, 0) is 6.18 Å². The van der Waals surface area contributed by atoms with E-state index in [1.54, 1.807) is 41.0 Å². The topological polar surface area (TPSA) is 37.3 Å². The number of hydrogen-bond acceptors (Lipinski definition) is 2. The molecule has 1 N–H and O–H groups in total. The third-order valence-electron chi connectivity index (χ3n) is 5.76. The van der Waals surface area contributed by atoms with Gasteiger partial charge in [-0.15, -0.1) is 0 Å². The minimum atomic E-state index is -4.52. The van der Waals surface area contributed by atoms with E-state index in [0.717, 1.165) is 22.6 Å². The molecular formula is C28H25BrF3N3O. The van der Waals surface area contributed by atoms with Crippen LogP contribution < -0.4 is 5.32 Å². The van der Waals surface area contributed by atoms with Crippen LogP contribution in [0.15, 0.2) is 89.4 Å². The van der Waals surface area contributed by atoms with Gasteiger partial charge in [0.25, 0.3) is 5.91 Å². The summed E-state index contributed by atoms with van der Waals surface area (Å²) in [7, 11) is 3.85. The molecule has 186 valence electrons.